The number of aliphatic carboxylic acids is 1. The summed E-state index contributed by atoms with van der Waals surface area (Å²) < 4.78 is 0. The van der Waals surface area contributed by atoms with Crippen molar-refractivity contribution < 1.29 is 9.90 Å². The van der Waals surface area contributed by atoms with Crippen LogP contribution in [0.2, 0.25) is 0 Å². The molecule has 5 heteroatoms. The fourth-order valence-electron chi connectivity index (χ4n) is 1.14. The number of carbonyl (C=O) groups is 1. The van der Waals surface area contributed by atoms with E-state index >= 15 is 0 Å². The van der Waals surface area contributed by atoms with Gasteiger partial charge in [-0.2, -0.15) is 0 Å². The van der Waals surface area contributed by atoms with Gasteiger partial charge in [-0.1, -0.05) is 6.08 Å². The first kappa shape index (κ1) is 11.7. The number of carboxylic acids is 1. The van der Waals surface area contributed by atoms with E-state index in [2.05, 4.69) is 11.6 Å². The third-order valence-electron chi connectivity index (χ3n) is 1.82. The highest BCUT2D eigenvalue weighted by molar-refractivity contribution is 7.13. The van der Waals surface area contributed by atoms with Crippen LogP contribution in [-0.2, 0) is 4.79 Å². The molecule has 0 saturated heterocycles. The lowest BCUT2D eigenvalue weighted by atomic mass is 10.4. The molecule has 1 N–H and O–H groups in total. The molecule has 15 heavy (non-hydrogen) atoms. The minimum Gasteiger partial charge on any atom is -0.481 e. The van der Waals surface area contributed by atoms with Crippen LogP contribution in [0.25, 0.3) is 0 Å². The van der Waals surface area contributed by atoms with Crippen molar-refractivity contribution in [3.8, 4) is 0 Å². The van der Waals surface area contributed by atoms with Crippen LogP contribution in [0.5, 0.6) is 0 Å². The van der Waals surface area contributed by atoms with Gasteiger partial charge in [-0.3, -0.25) is 4.79 Å². The molecule has 1 aromatic heterocycles. The molecule has 1 heterocycles. The highest BCUT2D eigenvalue weighted by Gasteiger charge is 2.10. The van der Waals surface area contributed by atoms with Crippen LogP contribution in [0.3, 0.4) is 0 Å². The summed E-state index contributed by atoms with van der Waals surface area (Å²) in [6, 6.07) is 0. The topological polar surface area (TPSA) is 53.4 Å². The van der Waals surface area contributed by atoms with Crippen molar-refractivity contribution in [1.29, 1.82) is 0 Å². The summed E-state index contributed by atoms with van der Waals surface area (Å²) in [7, 11) is 0. The lowest BCUT2D eigenvalue weighted by Crippen LogP contribution is -2.26. The summed E-state index contributed by atoms with van der Waals surface area (Å²) >= 11 is 1.52. The van der Waals surface area contributed by atoms with E-state index < -0.39 is 5.97 Å². The zero-order chi connectivity index (χ0) is 11.3. The van der Waals surface area contributed by atoms with Crippen molar-refractivity contribution in [2.75, 3.05) is 18.0 Å². The van der Waals surface area contributed by atoms with Crippen LogP contribution in [-0.4, -0.2) is 29.1 Å². The van der Waals surface area contributed by atoms with Crippen LogP contribution in [0, 0.1) is 6.92 Å². The molecule has 4 nitrogen and oxygen atoms in total. The molecule has 0 aliphatic heterocycles. The van der Waals surface area contributed by atoms with Gasteiger partial charge in [0.15, 0.2) is 5.13 Å². The van der Waals surface area contributed by atoms with E-state index in [0.717, 1.165) is 10.8 Å². The van der Waals surface area contributed by atoms with E-state index in [1.165, 1.54) is 11.3 Å². The summed E-state index contributed by atoms with van der Waals surface area (Å²) in [4.78, 5) is 16.7. The first-order valence-corrected chi connectivity index (χ1v) is 5.51. The Morgan fingerprint density at radius 1 is 1.80 bits per heavy atom. The molecule has 82 valence electrons. The summed E-state index contributed by atoms with van der Waals surface area (Å²) in [5, 5.41) is 11.4. The zero-order valence-electron chi connectivity index (χ0n) is 8.64. The number of carboxylic acid groups (broad SMARTS) is 1. The minimum absolute atomic E-state index is 0.118. The third-order valence-corrected chi connectivity index (χ3v) is 2.84. The van der Waals surface area contributed by atoms with Gasteiger partial charge in [-0.25, -0.2) is 4.98 Å². The van der Waals surface area contributed by atoms with Crippen molar-refractivity contribution in [3.05, 3.63) is 23.7 Å². The summed E-state index contributed by atoms with van der Waals surface area (Å²) in [5.41, 5.74) is 0.958. The minimum atomic E-state index is -0.794. The largest absolute Gasteiger partial charge is 0.481 e. The molecule has 0 spiro atoms. The number of aryl methyl sites for hydroxylation is 1. The molecular formula is C10H14N2O2S. The van der Waals surface area contributed by atoms with E-state index in [0.29, 0.717) is 13.1 Å². The molecule has 0 aliphatic carbocycles. The Hall–Kier alpha value is -1.36. The Labute approximate surface area is 92.9 Å². The lowest BCUT2D eigenvalue weighted by molar-refractivity contribution is -0.136. The predicted octanol–water partition coefficient (Wildman–Crippen LogP) is 1.92. The van der Waals surface area contributed by atoms with E-state index in [4.69, 9.17) is 5.11 Å². The molecule has 0 bridgehead atoms. The Kier molecular flexibility index (Phi) is 4.30. The fraction of sp³-hybridized carbons (Fsp3) is 0.400. The molecule has 0 saturated carbocycles. The smallest absolute Gasteiger partial charge is 0.305 e. The van der Waals surface area contributed by atoms with Gasteiger partial charge in [0.25, 0.3) is 0 Å². The number of thiazole rings is 1. The Morgan fingerprint density at radius 3 is 3.00 bits per heavy atom. The van der Waals surface area contributed by atoms with E-state index in [-0.39, 0.29) is 6.42 Å². The Balaban J connectivity index is 2.64. The SMILES string of the molecule is C=CCN(CCC(=O)O)c1nc(C)cs1. The molecule has 0 aromatic carbocycles. The van der Waals surface area contributed by atoms with Crippen LogP contribution in [0.1, 0.15) is 12.1 Å². The number of hydrogen-bond donors (Lipinski definition) is 1. The van der Waals surface area contributed by atoms with Crippen molar-refractivity contribution in [2.45, 2.75) is 13.3 Å². The maximum absolute atomic E-state index is 10.5. The van der Waals surface area contributed by atoms with Gasteiger partial charge >= 0.3 is 5.97 Å². The highest BCUT2D eigenvalue weighted by atomic mass is 32.1. The second-order valence-electron chi connectivity index (χ2n) is 3.15. The highest BCUT2D eigenvalue weighted by Crippen LogP contribution is 2.20. The van der Waals surface area contributed by atoms with Crippen LogP contribution in [0.4, 0.5) is 5.13 Å². The first-order valence-electron chi connectivity index (χ1n) is 4.63. The van der Waals surface area contributed by atoms with Gasteiger partial charge in [-0.05, 0) is 6.92 Å². The molecule has 0 atom stereocenters. The summed E-state index contributed by atoms with van der Waals surface area (Å²) in [5.74, 6) is -0.794. The van der Waals surface area contributed by atoms with E-state index in [1.54, 1.807) is 6.08 Å². The number of anilines is 1. The maximum atomic E-state index is 10.5. The number of hydrogen-bond acceptors (Lipinski definition) is 4. The van der Waals surface area contributed by atoms with Crippen molar-refractivity contribution >= 4 is 22.4 Å². The van der Waals surface area contributed by atoms with Crippen molar-refractivity contribution in [3.63, 3.8) is 0 Å². The van der Waals surface area contributed by atoms with Gasteiger partial charge < -0.3 is 10.0 Å². The van der Waals surface area contributed by atoms with Gasteiger partial charge in [0.2, 0.25) is 0 Å². The molecule has 0 unspecified atom stereocenters. The molecule has 0 aliphatic rings. The van der Waals surface area contributed by atoms with Crippen LogP contribution < -0.4 is 4.90 Å². The normalized spacial score (nSPS) is 9.93. The third kappa shape index (κ3) is 3.71. The van der Waals surface area contributed by atoms with E-state index in [1.807, 2.05) is 17.2 Å². The Morgan fingerprint density at radius 2 is 2.53 bits per heavy atom. The van der Waals surface area contributed by atoms with Crippen molar-refractivity contribution in [2.24, 2.45) is 0 Å². The molecule has 1 aromatic rings. The maximum Gasteiger partial charge on any atom is 0.305 e. The fourth-order valence-corrected chi connectivity index (χ4v) is 1.98. The standard InChI is InChI=1S/C10H14N2O2S/c1-3-5-12(6-4-9(13)14)10-11-8(2)7-15-10/h3,7H,1,4-6H2,2H3,(H,13,14). The summed E-state index contributed by atoms with van der Waals surface area (Å²) in [6.07, 6.45) is 1.87. The molecule has 0 amide bonds. The van der Waals surface area contributed by atoms with Gasteiger partial charge in [0.05, 0.1) is 12.1 Å². The quantitative estimate of drug-likeness (QED) is 0.753. The number of rotatable bonds is 6. The second kappa shape index (κ2) is 5.50. The van der Waals surface area contributed by atoms with Crippen LogP contribution in [0.15, 0.2) is 18.0 Å². The summed E-state index contributed by atoms with van der Waals surface area (Å²) in [6.45, 7) is 6.66. The Bertz CT molecular complexity index is 349. The zero-order valence-corrected chi connectivity index (χ0v) is 9.46. The average molecular weight is 226 g/mol. The monoisotopic (exact) mass is 226 g/mol. The molecular weight excluding hydrogens is 212 g/mol. The molecule has 0 radical (unpaired) electrons. The number of nitrogens with zero attached hydrogens (tertiary/aromatic N) is 2. The van der Waals surface area contributed by atoms with Crippen LogP contribution >= 0.6 is 11.3 Å². The van der Waals surface area contributed by atoms with Crippen molar-refractivity contribution in [1.82, 2.24) is 4.98 Å². The van der Waals surface area contributed by atoms with Gasteiger partial charge in [0, 0.05) is 18.5 Å². The van der Waals surface area contributed by atoms with E-state index in [9.17, 15) is 4.79 Å². The number of aromatic nitrogens is 1. The van der Waals surface area contributed by atoms with Gasteiger partial charge in [0.1, 0.15) is 0 Å². The molecule has 0 fully saturated rings. The predicted molar refractivity (Wildman–Crippen MR) is 61.5 cm³/mol. The molecule has 1 rings (SSSR count). The van der Waals surface area contributed by atoms with Gasteiger partial charge in [-0.15, -0.1) is 17.9 Å². The lowest BCUT2D eigenvalue weighted by Gasteiger charge is -2.18. The first-order chi connectivity index (χ1) is 7.13. The average Bonchev–Trinajstić information content (AvgIpc) is 2.59. The second-order valence-corrected chi connectivity index (χ2v) is 3.99.